The zero-order valence-corrected chi connectivity index (χ0v) is 27.7. The Hall–Kier alpha value is -6.12. The third-order valence-corrected chi connectivity index (χ3v) is 10.2. The lowest BCUT2D eigenvalue weighted by Gasteiger charge is -2.26. The van der Waals surface area contributed by atoms with Gasteiger partial charge < -0.3 is 9.47 Å². The van der Waals surface area contributed by atoms with Gasteiger partial charge in [0, 0.05) is 39.1 Å². The normalized spacial score (nSPS) is 12.9. The molecule has 2 heterocycles. The lowest BCUT2D eigenvalue weighted by molar-refractivity contribution is 0.646. The average molecular weight is 629 g/mol. The van der Waals surface area contributed by atoms with Crippen LogP contribution in [0.25, 0.3) is 50.0 Å². The van der Waals surface area contributed by atoms with Gasteiger partial charge in [-0.05, 0) is 81.9 Å². The van der Waals surface area contributed by atoms with Gasteiger partial charge in [-0.3, -0.25) is 0 Å². The topological polar surface area (TPSA) is 8.17 Å². The fourth-order valence-corrected chi connectivity index (χ4v) is 7.79. The van der Waals surface area contributed by atoms with Crippen molar-refractivity contribution in [1.29, 1.82) is 0 Å². The first-order chi connectivity index (χ1) is 24.1. The summed E-state index contributed by atoms with van der Waals surface area (Å²) in [7, 11) is 0. The quantitative estimate of drug-likeness (QED) is 0.178. The molecule has 0 fully saturated rings. The molecule has 1 aliphatic heterocycles. The summed E-state index contributed by atoms with van der Waals surface area (Å²) in [5.41, 5.74) is 15.9. The molecule has 1 aliphatic rings. The number of para-hydroxylation sites is 2. The first-order valence-electron chi connectivity index (χ1n) is 17.0. The van der Waals surface area contributed by atoms with E-state index in [9.17, 15) is 0 Å². The predicted octanol–water partition coefficient (Wildman–Crippen LogP) is 12.7. The van der Waals surface area contributed by atoms with Gasteiger partial charge in [-0.25, -0.2) is 0 Å². The molecule has 0 bridgehead atoms. The fourth-order valence-electron chi connectivity index (χ4n) is 7.79. The lowest BCUT2D eigenvalue weighted by Crippen LogP contribution is -2.16. The molecule has 0 spiro atoms. The molecule has 0 amide bonds. The largest absolute Gasteiger partial charge is 0.312 e. The number of hydrogen-bond acceptors (Lipinski definition) is 1. The van der Waals surface area contributed by atoms with Crippen molar-refractivity contribution in [1.82, 2.24) is 4.57 Å². The zero-order valence-electron chi connectivity index (χ0n) is 27.7. The SMILES string of the molecule is CC1(C)c2ccccc2-n2c1c(-c1ccc(N(c3ccc(-c4ccccc4)cc3)c3ccc(-c4ccccc4)cc3)cc1)c1ccccc12. The molecule has 0 saturated heterocycles. The van der Waals surface area contributed by atoms with Gasteiger partial charge in [-0.15, -0.1) is 0 Å². The zero-order chi connectivity index (χ0) is 33.0. The van der Waals surface area contributed by atoms with Gasteiger partial charge in [0.15, 0.2) is 0 Å². The van der Waals surface area contributed by atoms with Crippen LogP contribution in [-0.4, -0.2) is 4.57 Å². The second-order valence-corrected chi connectivity index (χ2v) is 13.4. The number of hydrogen-bond donors (Lipinski definition) is 0. The number of nitrogens with zero attached hydrogens (tertiary/aromatic N) is 2. The summed E-state index contributed by atoms with van der Waals surface area (Å²) in [6, 6.07) is 65.8. The first kappa shape index (κ1) is 29.1. The van der Waals surface area contributed by atoms with E-state index < -0.39 is 0 Å². The molecule has 234 valence electrons. The van der Waals surface area contributed by atoms with E-state index in [1.165, 1.54) is 61.2 Å². The van der Waals surface area contributed by atoms with E-state index in [1.807, 2.05) is 0 Å². The summed E-state index contributed by atoms with van der Waals surface area (Å²) in [5.74, 6) is 0. The van der Waals surface area contributed by atoms with Gasteiger partial charge in [0.05, 0.1) is 11.2 Å². The van der Waals surface area contributed by atoms with Gasteiger partial charge >= 0.3 is 0 Å². The van der Waals surface area contributed by atoms with Crippen LogP contribution in [0.3, 0.4) is 0 Å². The molecule has 0 N–H and O–H groups in total. The maximum absolute atomic E-state index is 2.49. The Morgan fingerprint density at radius 3 is 1.39 bits per heavy atom. The Bertz CT molecular complexity index is 2330. The molecule has 8 aromatic rings. The van der Waals surface area contributed by atoms with Gasteiger partial charge in [-0.2, -0.15) is 0 Å². The molecule has 2 heteroatoms. The summed E-state index contributed by atoms with van der Waals surface area (Å²) in [4.78, 5) is 2.36. The van der Waals surface area contributed by atoms with Crippen molar-refractivity contribution in [2.75, 3.05) is 4.90 Å². The van der Waals surface area contributed by atoms with Crippen molar-refractivity contribution >= 4 is 28.0 Å². The molecule has 0 radical (unpaired) electrons. The number of anilines is 3. The van der Waals surface area contributed by atoms with E-state index in [-0.39, 0.29) is 5.41 Å². The van der Waals surface area contributed by atoms with Crippen LogP contribution in [0.1, 0.15) is 25.1 Å². The van der Waals surface area contributed by atoms with Crippen molar-refractivity contribution in [2.24, 2.45) is 0 Å². The summed E-state index contributed by atoms with van der Waals surface area (Å²) >= 11 is 0. The van der Waals surface area contributed by atoms with Gasteiger partial charge in [0.2, 0.25) is 0 Å². The van der Waals surface area contributed by atoms with Crippen molar-refractivity contribution < 1.29 is 0 Å². The van der Waals surface area contributed by atoms with E-state index in [4.69, 9.17) is 0 Å². The highest BCUT2D eigenvalue weighted by Gasteiger charge is 2.40. The Balaban J connectivity index is 1.16. The third kappa shape index (κ3) is 4.79. The van der Waals surface area contributed by atoms with Crippen LogP contribution in [0.4, 0.5) is 17.1 Å². The molecule has 1 aromatic heterocycles. The van der Waals surface area contributed by atoms with E-state index in [0.29, 0.717) is 0 Å². The van der Waals surface area contributed by atoms with Crippen LogP contribution in [0.15, 0.2) is 182 Å². The van der Waals surface area contributed by atoms with Crippen molar-refractivity contribution in [3.63, 3.8) is 0 Å². The van der Waals surface area contributed by atoms with Crippen molar-refractivity contribution in [2.45, 2.75) is 19.3 Å². The molecular formula is C47H36N2. The van der Waals surface area contributed by atoms with Crippen LogP contribution >= 0.6 is 0 Å². The number of benzene rings is 7. The molecule has 9 rings (SSSR count). The van der Waals surface area contributed by atoms with Crippen LogP contribution in [0, 0.1) is 0 Å². The Kier molecular flexibility index (Phi) is 6.84. The van der Waals surface area contributed by atoms with Crippen molar-refractivity contribution in [3.8, 4) is 39.1 Å². The van der Waals surface area contributed by atoms with Crippen LogP contribution in [-0.2, 0) is 5.41 Å². The van der Waals surface area contributed by atoms with E-state index in [0.717, 1.165) is 17.1 Å². The Labute approximate surface area is 288 Å². The summed E-state index contributed by atoms with van der Waals surface area (Å²) < 4.78 is 2.49. The molecular weight excluding hydrogens is 593 g/mol. The average Bonchev–Trinajstić information content (AvgIpc) is 3.64. The smallest absolute Gasteiger partial charge is 0.0538 e. The summed E-state index contributed by atoms with van der Waals surface area (Å²) in [5, 5.41) is 1.29. The van der Waals surface area contributed by atoms with Gasteiger partial charge in [0.1, 0.15) is 0 Å². The molecule has 0 aliphatic carbocycles. The highest BCUT2D eigenvalue weighted by Crippen LogP contribution is 2.51. The van der Waals surface area contributed by atoms with Crippen molar-refractivity contribution in [3.05, 3.63) is 193 Å². The maximum atomic E-state index is 2.49. The summed E-state index contributed by atoms with van der Waals surface area (Å²) in [6.07, 6.45) is 0. The molecule has 2 nitrogen and oxygen atoms in total. The number of rotatable bonds is 6. The highest BCUT2D eigenvalue weighted by molar-refractivity contribution is 6.01. The van der Waals surface area contributed by atoms with Gasteiger partial charge in [0.25, 0.3) is 0 Å². The van der Waals surface area contributed by atoms with E-state index >= 15 is 0 Å². The number of fused-ring (bicyclic) bond motifs is 5. The van der Waals surface area contributed by atoms with Crippen LogP contribution in [0.2, 0.25) is 0 Å². The maximum Gasteiger partial charge on any atom is 0.0538 e. The third-order valence-electron chi connectivity index (χ3n) is 10.2. The minimum Gasteiger partial charge on any atom is -0.312 e. The lowest BCUT2D eigenvalue weighted by atomic mass is 9.80. The number of aromatic nitrogens is 1. The minimum absolute atomic E-state index is 0.128. The predicted molar refractivity (Wildman–Crippen MR) is 206 cm³/mol. The molecule has 0 atom stereocenters. The monoisotopic (exact) mass is 628 g/mol. The molecule has 0 saturated carbocycles. The molecule has 7 aromatic carbocycles. The van der Waals surface area contributed by atoms with E-state index in [1.54, 1.807) is 0 Å². The van der Waals surface area contributed by atoms with Gasteiger partial charge in [-0.1, -0.05) is 147 Å². The fraction of sp³-hybridized carbons (Fsp3) is 0.0638. The minimum atomic E-state index is -0.128. The van der Waals surface area contributed by atoms with Crippen LogP contribution in [0.5, 0.6) is 0 Å². The molecule has 0 unspecified atom stereocenters. The highest BCUT2D eigenvalue weighted by atomic mass is 15.1. The first-order valence-corrected chi connectivity index (χ1v) is 17.0. The molecule has 49 heavy (non-hydrogen) atoms. The Morgan fingerprint density at radius 2 is 0.837 bits per heavy atom. The second kappa shape index (κ2) is 11.5. The van der Waals surface area contributed by atoms with Crippen LogP contribution < -0.4 is 4.90 Å². The second-order valence-electron chi connectivity index (χ2n) is 13.4. The summed E-state index contributed by atoms with van der Waals surface area (Å²) in [6.45, 7) is 4.72. The standard InChI is InChI=1S/C47H36N2/c1-47(2)42-18-10-12-20-44(42)49-43-19-11-9-17-41(43)45(46(47)49)37-25-31-40(32-26-37)48(38-27-21-35(22-28-38)33-13-5-3-6-14-33)39-29-23-36(24-30-39)34-15-7-4-8-16-34/h3-32H,1-2H3. The van der Waals surface area contributed by atoms with E-state index in [2.05, 4.69) is 205 Å². The Morgan fingerprint density at radius 1 is 0.408 bits per heavy atom.